The molecule has 0 saturated carbocycles. The molecule has 7 heteroatoms. The van der Waals surface area contributed by atoms with Gasteiger partial charge in [0.1, 0.15) is 5.75 Å². The number of amides is 1. The van der Waals surface area contributed by atoms with E-state index in [2.05, 4.69) is 10.1 Å². The van der Waals surface area contributed by atoms with Crippen LogP contribution in [0.3, 0.4) is 0 Å². The molecule has 0 radical (unpaired) electrons. The summed E-state index contributed by atoms with van der Waals surface area (Å²) >= 11 is 0. The number of carbonyl (C=O) groups excluding carboxylic acids is 1. The van der Waals surface area contributed by atoms with Crippen LogP contribution in [0.1, 0.15) is 19.2 Å². The van der Waals surface area contributed by atoms with Crippen molar-refractivity contribution in [2.24, 2.45) is 0 Å². The molecular formula is C17H21N3O4. The van der Waals surface area contributed by atoms with Gasteiger partial charge in [0.15, 0.2) is 0 Å². The number of rotatable bonds is 5. The van der Waals surface area contributed by atoms with Gasteiger partial charge in [-0.15, -0.1) is 0 Å². The molecule has 7 nitrogen and oxygen atoms in total. The minimum Gasteiger partial charge on any atom is -0.497 e. The van der Waals surface area contributed by atoms with Crippen LogP contribution in [0.4, 0.5) is 0 Å². The van der Waals surface area contributed by atoms with E-state index in [0.29, 0.717) is 44.3 Å². The van der Waals surface area contributed by atoms with Crippen molar-refractivity contribution in [1.29, 1.82) is 0 Å². The monoisotopic (exact) mass is 331 g/mol. The first-order chi connectivity index (χ1) is 11.7. The predicted octanol–water partition coefficient (Wildman–Crippen LogP) is 1.93. The Kier molecular flexibility index (Phi) is 5.10. The molecule has 1 saturated heterocycles. The van der Waals surface area contributed by atoms with Gasteiger partial charge in [-0.05, 0) is 31.2 Å². The second-order valence-corrected chi connectivity index (χ2v) is 5.76. The number of hydrogen-bond acceptors (Lipinski definition) is 6. The highest BCUT2D eigenvalue weighted by Gasteiger charge is 2.21. The molecule has 1 amide bonds. The summed E-state index contributed by atoms with van der Waals surface area (Å²) < 4.78 is 15.8. The third-order valence-electron chi connectivity index (χ3n) is 3.96. The fraction of sp³-hybridized carbons (Fsp3) is 0.471. The topological polar surface area (TPSA) is 77.7 Å². The molecular weight excluding hydrogens is 310 g/mol. The van der Waals surface area contributed by atoms with Crippen molar-refractivity contribution in [2.75, 3.05) is 26.8 Å². The molecule has 2 heterocycles. The van der Waals surface area contributed by atoms with E-state index in [4.69, 9.17) is 14.0 Å². The minimum atomic E-state index is 0.0905. The Balaban J connectivity index is 1.56. The predicted molar refractivity (Wildman–Crippen MR) is 86.6 cm³/mol. The van der Waals surface area contributed by atoms with Gasteiger partial charge in [0, 0.05) is 31.5 Å². The number of aromatic nitrogens is 2. The van der Waals surface area contributed by atoms with Crippen molar-refractivity contribution in [3.63, 3.8) is 0 Å². The van der Waals surface area contributed by atoms with E-state index in [0.717, 1.165) is 11.3 Å². The Morgan fingerprint density at radius 3 is 2.88 bits per heavy atom. The van der Waals surface area contributed by atoms with Crippen molar-refractivity contribution < 1.29 is 18.8 Å². The van der Waals surface area contributed by atoms with Crippen LogP contribution in [0.25, 0.3) is 11.4 Å². The van der Waals surface area contributed by atoms with Gasteiger partial charge in [0.05, 0.1) is 19.8 Å². The van der Waals surface area contributed by atoms with Crippen LogP contribution in [0.2, 0.25) is 0 Å². The van der Waals surface area contributed by atoms with E-state index >= 15 is 0 Å². The van der Waals surface area contributed by atoms with Crippen molar-refractivity contribution in [2.45, 2.75) is 25.9 Å². The number of benzene rings is 1. The molecule has 1 aromatic heterocycles. The van der Waals surface area contributed by atoms with E-state index < -0.39 is 0 Å². The van der Waals surface area contributed by atoms with Crippen LogP contribution >= 0.6 is 0 Å². The van der Waals surface area contributed by atoms with E-state index in [1.165, 1.54) is 0 Å². The highest BCUT2D eigenvalue weighted by molar-refractivity contribution is 5.76. The zero-order valence-electron chi connectivity index (χ0n) is 13.9. The smallest absolute Gasteiger partial charge is 0.227 e. The molecule has 0 unspecified atom stereocenters. The molecule has 24 heavy (non-hydrogen) atoms. The Bertz CT molecular complexity index is 683. The van der Waals surface area contributed by atoms with Crippen molar-refractivity contribution >= 4 is 5.91 Å². The van der Waals surface area contributed by atoms with Gasteiger partial charge in [0.2, 0.25) is 17.6 Å². The molecule has 128 valence electrons. The standard InChI is InChI=1S/C17H21N3O4/c1-12-11-20(9-10-23-12)16(21)8-7-15-18-17(19-24-15)13-3-5-14(22-2)6-4-13/h3-6,12H,7-11H2,1-2H3/t12-/m0/s1. The zero-order chi connectivity index (χ0) is 16.9. The number of nitrogens with zero attached hydrogens (tertiary/aromatic N) is 3. The summed E-state index contributed by atoms with van der Waals surface area (Å²) in [5.74, 6) is 1.85. The Morgan fingerprint density at radius 2 is 2.17 bits per heavy atom. The molecule has 0 bridgehead atoms. The quantitative estimate of drug-likeness (QED) is 0.833. The van der Waals surface area contributed by atoms with Gasteiger partial charge in [-0.25, -0.2) is 0 Å². The first-order valence-corrected chi connectivity index (χ1v) is 8.02. The minimum absolute atomic E-state index is 0.0905. The van der Waals surface area contributed by atoms with Crippen LogP contribution in [0, 0.1) is 0 Å². The van der Waals surface area contributed by atoms with E-state index in [1.54, 1.807) is 7.11 Å². The lowest BCUT2D eigenvalue weighted by atomic mass is 10.2. The first-order valence-electron chi connectivity index (χ1n) is 8.02. The van der Waals surface area contributed by atoms with Crippen molar-refractivity contribution in [3.05, 3.63) is 30.2 Å². The summed E-state index contributed by atoms with van der Waals surface area (Å²) in [6.07, 6.45) is 0.887. The molecule has 0 spiro atoms. The lowest BCUT2D eigenvalue weighted by Gasteiger charge is -2.31. The third kappa shape index (κ3) is 3.91. The fourth-order valence-electron chi connectivity index (χ4n) is 2.63. The number of morpholine rings is 1. The highest BCUT2D eigenvalue weighted by Crippen LogP contribution is 2.20. The van der Waals surface area contributed by atoms with Gasteiger partial charge >= 0.3 is 0 Å². The summed E-state index contributed by atoms with van der Waals surface area (Å²) in [4.78, 5) is 18.4. The van der Waals surface area contributed by atoms with Crippen molar-refractivity contribution in [3.8, 4) is 17.1 Å². The first kappa shape index (κ1) is 16.4. The summed E-state index contributed by atoms with van der Waals surface area (Å²) in [6, 6.07) is 7.42. The number of aryl methyl sites for hydroxylation is 1. The maximum absolute atomic E-state index is 12.2. The van der Waals surface area contributed by atoms with Gasteiger partial charge < -0.3 is 18.9 Å². The second-order valence-electron chi connectivity index (χ2n) is 5.76. The summed E-state index contributed by atoms with van der Waals surface area (Å²) in [6.45, 7) is 3.84. The third-order valence-corrected chi connectivity index (χ3v) is 3.96. The van der Waals surface area contributed by atoms with Crippen LogP contribution in [0.5, 0.6) is 5.75 Å². The molecule has 1 aromatic carbocycles. The van der Waals surface area contributed by atoms with Gasteiger partial charge in [-0.2, -0.15) is 4.98 Å². The molecule has 0 N–H and O–H groups in total. The number of methoxy groups -OCH3 is 1. The number of ether oxygens (including phenoxy) is 2. The van der Waals surface area contributed by atoms with Crippen LogP contribution in [0.15, 0.2) is 28.8 Å². The Hall–Kier alpha value is -2.41. The molecule has 0 aliphatic carbocycles. The van der Waals surface area contributed by atoms with Gasteiger partial charge in [-0.1, -0.05) is 5.16 Å². The lowest BCUT2D eigenvalue weighted by molar-refractivity contribution is -0.138. The summed E-state index contributed by atoms with van der Waals surface area (Å²) in [5.41, 5.74) is 0.846. The highest BCUT2D eigenvalue weighted by atomic mass is 16.5. The summed E-state index contributed by atoms with van der Waals surface area (Å²) in [7, 11) is 1.62. The van der Waals surface area contributed by atoms with Crippen molar-refractivity contribution in [1.82, 2.24) is 15.0 Å². The summed E-state index contributed by atoms with van der Waals surface area (Å²) in [5, 5.41) is 3.97. The Labute approximate surface area is 140 Å². The van der Waals surface area contributed by atoms with Crippen LogP contribution < -0.4 is 4.74 Å². The van der Waals surface area contributed by atoms with E-state index in [-0.39, 0.29) is 12.0 Å². The molecule has 1 fully saturated rings. The average Bonchev–Trinajstić information content (AvgIpc) is 3.09. The average molecular weight is 331 g/mol. The van der Waals surface area contributed by atoms with E-state index in [9.17, 15) is 4.79 Å². The number of hydrogen-bond donors (Lipinski definition) is 0. The molecule has 3 rings (SSSR count). The molecule has 1 aliphatic heterocycles. The fourth-order valence-corrected chi connectivity index (χ4v) is 2.63. The zero-order valence-corrected chi connectivity index (χ0v) is 13.9. The second kappa shape index (κ2) is 7.44. The normalized spacial score (nSPS) is 17.8. The SMILES string of the molecule is COc1ccc(-c2noc(CCC(=O)N3CCO[C@@H](C)C3)n2)cc1. The lowest BCUT2D eigenvalue weighted by Crippen LogP contribution is -2.44. The van der Waals surface area contributed by atoms with Crippen LogP contribution in [-0.2, 0) is 16.0 Å². The maximum Gasteiger partial charge on any atom is 0.227 e. The molecule has 2 aromatic rings. The van der Waals surface area contributed by atoms with E-state index in [1.807, 2.05) is 36.1 Å². The largest absolute Gasteiger partial charge is 0.497 e. The Morgan fingerprint density at radius 1 is 1.38 bits per heavy atom. The number of carbonyl (C=O) groups is 1. The molecule has 1 aliphatic rings. The maximum atomic E-state index is 12.2. The molecule has 1 atom stereocenters. The van der Waals surface area contributed by atoms with Crippen LogP contribution in [-0.4, -0.2) is 53.9 Å². The van der Waals surface area contributed by atoms with Gasteiger partial charge in [0.25, 0.3) is 0 Å². The van der Waals surface area contributed by atoms with Gasteiger partial charge in [-0.3, -0.25) is 4.79 Å².